The Labute approximate surface area is 176 Å². The van der Waals surface area contributed by atoms with Crippen LogP contribution in [0.3, 0.4) is 0 Å². The number of hydrazone groups is 1. The zero-order valence-electron chi connectivity index (χ0n) is 15.0. The fourth-order valence-corrected chi connectivity index (χ4v) is 2.93. The maximum absolute atomic E-state index is 13.9. The summed E-state index contributed by atoms with van der Waals surface area (Å²) in [5.41, 5.74) is 9.16. The van der Waals surface area contributed by atoms with Crippen LogP contribution < -0.4 is 11.2 Å². The van der Waals surface area contributed by atoms with Crippen molar-refractivity contribution in [2.45, 2.75) is 0 Å². The van der Waals surface area contributed by atoms with Crippen molar-refractivity contribution in [2.75, 3.05) is 5.73 Å². The van der Waals surface area contributed by atoms with E-state index in [1.807, 2.05) is 6.07 Å². The number of nitrogen functional groups attached to an aromatic ring is 1. The van der Waals surface area contributed by atoms with Crippen molar-refractivity contribution in [3.63, 3.8) is 0 Å². The lowest BCUT2D eigenvalue weighted by molar-refractivity contribution is 0.0950. The zero-order valence-corrected chi connectivity index (χ0v) is 16.6. The lowest BCUT2D eigenvalue weighted by atomic mass is 10.1. The first kappa shape index (κ1) is 19.4. The van der Waals surface area contributed by atoms with Gasteiger partial charge in [-0.2, -0.15) is 9.78 Å². The van der Waals surface area contributed by atoms with Gasteiger partial charge in [-0.3, -0.25) is 4.79 Å². The number of anilines is 1. The number of amides is 1. The van der Waals surface area contributed by atoms with Gasteiger partial charge in [0, 0.05) is 15.6 Å². The summed E-state index contributed by atoms with van der Waals surface area (Å²) in [5.74, 6) is -1.09. The largest absolute Gasteiger partial charge is 0.378 e. The fraction of sp³-hybridized carbons (Fsp3) is 0. The van der Waals surface area contributed by atoms with E-state index in [1.165, 1.54) is 23.0 Å². The molecule has 0 spiro atoms. The predicted octanol–water partition coefficient (Wildman–Crippen LogP) is 2.57. The van der Waals surface area contributed by atoms with Crippen LogP contribution in [-0.2, 0) is 0 Å². The van der Waals surface area contributed by atoms with Crippen LogP contribution in [0.4, 0.5) is 10.2 Å². The number of rotatable bonds is 5. The third-order valence-corrected chi connectivity index (χ3v) is 4.45. The van der Waals surface area contributed by atoms with Crippen molar-refractivity contribution in [1.82, 2.24) is 30.7 Å². The first-order valence-electron chi connectivity index (χ1n) is 8.42. The molecule has 0 saturated heterocycles. The molecule has 2 aromatic carbocycles. The predicted molar refractivity (Wildman–Crippen MR) is 108 cm³/mol. The summed E-state index contributed by atoms with van der Waals surface area (Å²) in [5, 5.41) is 18.9. The van der Waals surface area contributed by atoms with Crippen LogP contribution >= 0.6 is 15.9 Å². The quantitative estimate of drug-likeness (QED) is 0.337. The number of halogens is 2. The van der Waals surface area contributed by atoms with Gasteiger partial charge < -0.3 is 5.73 Å². The van der Waals surface area contributed by atoms with Crippen LogP contribution in [0.1, 0.15) is 16.1 Å². The second-order valence-corrected chi connectivity index (χ2v) is 6.82. The minimum absolute atomic E-state index is 0.0206. The molecule has 0 bridgehead atoms. The molecule has 10 nitrogen and oxygen atoms in total. The van der Waals surface area contributed by atoms with Gasteiger partial charge in [-0.15, -0.1) is 5.10 Å². The SMILES string of the molecule is Nc1nonc1-n1nnc(C(=O)N/N=C\c2ccc(Br)cc2F)c1-c1ccccc1. The lowest BCUT2D eigenvalue weighted by Crippen LogP contribution is -2.19. The molecule has 1 amide bonds. The topological polar surface area (TPSA) is 137 Å². The lowest BCUT2D eigenvalue weighted by Gasteiger charge is -2.05. The third-order valence-electron chi connectivity index (χ3n) is 3.96. The highest BCUT2D eigenvalue weighted by Crippen LogP contribution is 2.26. The smallest absolute Gasteiger partial charge is 0.294 e. The zero-order chi connectivity index (χ0) is 21.1. The average Bonchev–Trinajstić information content (AvgIpc) is 3.36. The van der Waals surface area contributed by atoms with Gasteiger partial charge in [-0.25, -0.2) is 14.4 Å². The number of hydrogen-bond donors (Lipinski definition) is 2. The van der Waals surface area contributed by atoms with Gasteiger partial charge in [0.2, 0.25) is 11.6 Å². The molecule has 0 fully saturated rings. The van der Waals surface area contributed by atoms with Crippen LogP contribution in [0, 0.1) is 5.82 Å². The number of carbonyl (C=O) groups is 1. The molecule has 0 atom stereocenters. The highest BCUT2D eigenvalue weighted by Gasteiger charge is 2.24. The number of carbonyl (C=O) groups excluding carboxylic acids is 1. The molecule has 3 N–H and O–H groups in total. The molecule has 0 aliphatic heterocycles. The van der Waals surface area contributed by atoms with Crippen LogP contribution in [-0.4, -0.2) is 37.4 Å². The van der Waals surface area contributed by atoms with Crippen LogP contribution in [0.25, 0.3) is 17.1 Å². The van der Waals surface area contributed by atoms with E-state index in [1.54, 1.807) is 30.3 Å². The number of aromatic nitrogens is 5. The van der Waals surface area contributed by atoms with Crippen molar-refractivity contribution in [2.24, 2.45) is 5.10 Å². The maximum atomic E-state index is 13.9. The summed E-state index contributed by atoms with van der Waals surface area (Å²) < 4.78 is 20.3. The Morgan fingerprint density at radius 1 is 1.23 bits per heavy atom. The Balaban J connectivity index is 1.67. The summed E-state index contributed by atoms with van der Waals surface area (Å²) in [6.07, 6.45) is 1.19. The minimum atomic E-state index is -0.663. The van der Waals surface area contributed by atoms with E-state index in [4.69, 9.17) is 5.73 Å². The second kappa shape index (κ2) is 8.21. The third kappa shape index (κ3) is 3.80. The molecule has 150 valence electrons. The van der Waals surface area contributed by atoms with E-state index in [0.717, 1.165) is 0 Å². The molecule has 0 aliphatic rings. The Morgan fingerprint density at radius 3 is 2.73 bits per heavy atom. The first-order valence-corrected chi connectivity index (χ1v) is 9.22. The van der Waals surface area contributed by atoms with Gasteiger partial charge in [-0.05, 0) is 28.5 Å². The first-order chi connectivity index (χ1) is 14.5. The van der Waals surface area contributed by atoms with Gasteiger partial charge in [0.05, 0.1) is 6.21 Å². The van der Waals surface area contributed by atoms with E-state index >= 15 is 0 Å². The molecule has 12 heteroatoms. The summed E-state index contributed by atoms with van der Waals surface area (Å²) in [7, 11) is 0. The number of benzene rings is 2. The molecule has 0 aliphatic carbocycles. The van der Waals surface area contributed by atoms with Gasteiger partial charge in [-0.1, -0.05) is 51.5 Å². The molecule has 30 heavy (non-hydrogen) atoms. The van der Waals surface area contributed by atoms with Crippen molar-refractivity contribution in [3.8, 4) is 17.1 Å². The summed E-state index contributed by atoms with van der Waals surface area (Å²) in [4.78, 5) is 12.7. The number of nitrogens with two attached hydrogens (primary N) is 1. The van der Waals surface area contributed by atoms with Gasteiger partial charge >= 0.3 is 0 Å². The fourth-order valence-electron chi connectivity index (χ4n) is 2.60. The Morgan fingerprint density at radius 2 is 2.03 bits per heavy atom. The average molecular weight is 471 g/mol. The highest BCUT2D eigenvalue weighted by atomic mass is 79.9. The highest BCUT2D eigenvalue weighted by molar-refractivity contribution is 9.10. The maximum Gasteiger partial charge on any atom is 0.294 e. The number of nitrogens with zero attached hydrogens (tertiary/aromatic N) is 6. The molecular formula is C18H12BrFN8O2. The van der Waals surface area contributed by atoms with Crippen LogP contribution in [0.2, 0.25) is 0 Å². The van der Waals surface area contributed by atoms with Crippen molar-refractivity contribution in [3.05, 3.63) is 70.1 Å². The van der Waals surface area contributed by atoms with E-state index in [9.17, 15) is 9.18 Å². The summed E-state index contributed by atoms with van der Waals surface area (Å²) in [6, 6.07) is 13.4. The van der Waals surface area contributed by atoms with Crippen molar-refractivity contribution < 1.29 is 13.8 Å². The molecule has 4 rings (SSSR count). The normalized spacial score (nSPS) is 11.1. The summed E-state index contributed by atoms with van der Waals surface area (Å²) in [6.45, 7) is 0. The van der Waals surface area contributed by atoms with E-state index < -0.39 is 11.7 Å². The van der Waals surface area contributed by atoms with Crippen LogP contribution in [0.5, 0.6) is 0 Å². The Kier molecular flexibility index (Phi) is 5.30. The summed E-state index contributed by atoms with van der Waals surface area (Å²) >= 11 is 3.18. The molecule has 4 aromatic rings. The van der Waals surface area contributed by atoms with E-state index in [-0.39, 0.29) is 22.9 Å². The molecule has 0 saturated carbocycles. The minimum Gasteiger partial charge on any atom is -0.378 e. The van der Waals surface area contributed by atoms with Crippen molar-refractivity contribution in [1.29, 1.82) is 0 Å². The molecular weight excluding hydrogens is 459 g/mol. The number of nitrogens with one attached hydrogen (secondary N) is 1. The van der Waals surface area contributed by atoms with E-state index in [0.29, 0.717) is 15.7 Å². The molecule has 0 unspecified atom stereocenters. The Bertz CT molecular complexity index is 1240. The molecule has 2 aromatic heterocycles. The van der Waals surface area contributed by atoms with E-state index in [2.05, 4.69) is 51.7 Å². The Hall–Kier alpha value is -3.93. The van der Waals surface area contributed by atoms with Gasteiger partial charge in [0.15, 0.2) is 5.69 Å². The monoisotopic (exact) mass is 470 g/mol. The van der Waals surface area contributed by atoms with Gasteiger partial charge in [0.1, 0.15) is 11.5 Å². The van der Waals surface area contributed by atoms with Crippen LogP contribution in [0.15, 0.2) is 62.7 Å². The number of hydrogen-bond acceptors (Lipinski definition) is 8. The standard InChI is InChI=1S/C18H12BrFN8O2/c19-12-7-6-11(13(20)8-12)9-22-24-18(29)14-15(10-4-2-1-3-5-10)28(27-23-14)17-16(21)25-30-26-17/h1-9H,(H2,21,25)(H,24,29)/b22-9-. The van der Waals surface area contributed by atoms with Gasteiger partial charge in [0.25, 0.3) is 5.91 Å². The molecule has 0 radical (unpaired) electrons. The second-order valence-electron chi connectivity index (χ2n) is 5.90. The molecule has 2 heterocycles. The van der Waals surface area contributed by atoms with Crippen molar-refractivity contribution >= 4 is 33.9 Å².